The minimum atomic E-state index is -2.52. The Morgan fingerprint density at radius 1 is 0.667 bits per heavy atom. The smallest absolute Gasteiger partial charge is 0.267 e. The first-order valence-electron chi connectivity index (χ1n) is 10.7. The van der Waals surface area contributed by atoms with E-state index in [0.717, 1.165) is 37.1 Å². The van der Waals surface area contributed by atoms with Gasteiger partial charge in [-0.3, -0.25) is 4.79 Å². The van der Waals surface area contributed by atoms with Gasteiger partial charge >= 0.3 is 0 Å². The molecule has 0 unspecified atom stereocenters. The van der Waals surface area contributed by atoms with Crippen molar-refractivity contribution in [1.29, 1.82) is 0 Å². The highest BCUT2D eigenvalue weighted by atomic mass is 79.9. The topological polar surface area (TPSA) is 32.7 Å². The van der Waals surface area contributed by atoms with Gasteiger partial charge in [-0.05, 0) is 54.0 Å². The Bertz CT molecular complexity index is 1340. The Morgan fingerprint density at radius 3 is 1.64 bits per heavy atom. The fourth-order valence-corrected chi connectivity index (χ4v) is 9.11. The fourth-order valence-electron chi connectivity index (χ4n) is 4.43. The zero-order chi connectivity index (χ0) is 22.8. The van der Waals surface area contributed by atoms with Gasteiger partial charge in [0.15, 0.2) is 0 Å². The van der Waals surface area contributed by atoms with Crippen molar-refractivity contribution in [2.45, 2.75) is 6.92 Å². The van der Waals surface area contributed by atoms with Crippen LogP contribution < -0.4 is 20.9 Å². The van der Waals surface area contributed by atoms with Gasteiger partial charge in [0.05, 0.1) is 16.7 Å². The molecule has 0 atom stereocenters. The van der Waals surface area contributed by atoms with E-state index < -0.39 is 6.89 Å². The third-order valence-electron chi connectivity index (χ3n) is 5.82. The minimum Gasteiger partial charge on any atom is -0.267 e. The molecule has 1 heterocycles. The number of carbonyl (C=O) groups is 1. The lowest BCUT2D eigenvalue weighted by Gasteiger charge is -2.31. The predicted octanol–water partition coefficient (Wildman–Crippen LogP) is 5.34. The number of rotatable bonds is 4. The van der Waals surface area contributed by atoms with Crippen LogP contribution in [0.2, 0.25) is 0 Å². The van der Waals surface area contributed by atoms with Crippen LogP contribution in [0.4, 0.5) is 5.69 Å². The number of anilines is 1. The Morgan fingerprint density at radius 2 is 1.12 bits per heavy atom. The second-order valence-corrected chi connectivity index (χ2v) is 12.1. The monoisotopic (exact) mass is 512 g/mol. The Kier molecular flexibility index (Phi) is 5.88. The highest BCUT2D eigenvalue weighted by Crippen LogP contribution is 2.48. The average molecular weight is 513 g/mol. The first kappa shape index (κ1) is 21.6. The number of hydrazone groups is 1. The molecule has 0 spiro atoms. The van der Waals surface area contributed by atoms with Gasteiger partial charge in [-0.2, -0.15) is 10.1 Å². The first-order valence-corrected chi connectivity index (χ1v) is 13.3. The van der Waals surface area contributed by atoms with Crippen molar-refractivity contribution < 1.29 is 4.79 Å². The van der Waals surface area contributed by atoms with Gasteiger partial charge in [-0.25, -0.2) is 0 Å². The second-order valence-electron chi connectivity index (χ2n) is 7.80. The second kappa shape index (κ2) is 8.97. The van der Waals surface area contributed by atoms with Gasteiger partial charge < -0.3 is 0 Å². The van der Waals surface area contributed by atoms with Crippen molar-refractivity contribution in [1.82, 2.24) is 0 Å². The lowest BCUT2D eigenvalue weighted by Crippen LogP contribution is -2.37. The Hall–Kier alpha value is -3.20. The summed E-state index contributed by atoms with van der Waals surface area (Å²) in [6.45, 7) is -0.563. The van der Waals surface area contributed by atoms with E-state index in [4.69, 9.17) is 5.10 Å². The standard InChI is InChI=1S/C28H22BrN2OP/c1-21-27(28(32)31(30-21)23-11-5-2-6-12-23)33(24-13-7-3-8-14-24,25-15-9-4-10-16-25)26-19-17-22(29)18-20-26/h2-20H,1H3. The van der Waals surface area contributed by atoms with Crippen LogP contribution in [0.5, 0.6) is 0 Å². The summed E-state index contributed by atoms with van der Waals surface area (Å²) in [5, 5.41) is 10.5. The Labute approximate surface area is 202 Å². The van der Waals surface area contributed by atoms with E-state index in [2.05, 4.69) is 64.5 Å². The lowest BCUT2D eigenvalue weighted by molar-refractivity contribution is -0.112. The molecule has 0 bridgehead atoms. The maximum absolute atomic E-state index is 14.1. The molecule has 3 nitrogen and oxygen atoms in total. The van der Waals surface area contributed by atoms with Crippen molar-refractivity contribution in [3.8, 4) is 0 Å². The molecule has 5 rings (SSSR count). The third kappa shape index (κ3) is 3.70. The number of carbonyl (C=O) groups excluding carboxylic acids is 1. The van der Waals surface area contributed by atoms with Gasteiger partial charge in [0.25, 0.3) is 5.91 Å². The van der Waals surface area contributed by atoms with E-state index in [1.54, 1.807) is 5.01 Å². The molecule has 0 radical (unpaired) electrons. The molecule has 0 fully saturated rings. The molecule has 162 valence electrons. The highest BCUT2D eigenvalue weighted by Gasteiger charge is 2.40. The van der Waals surface area contributed by atoms with E-state index in [1.807, 2.05) is 73.7 Å². The number of nitrogens with zero attached hydrogens (tertiary/aromatic N) is 2. The maximum atomic E-state index is 14.1. The van der Waals surface area contributed by atoms with E-state index in [0.29, 0.717) is 0 Å². The molecule has 1 aliphatic heterocycles. The normalized spacial score (nSPS) is 13.9. The molecule has 0 N–H and O–H groups in total. The van der Waals surface area contributed by atoms with Gasteiger partial charge in [-0.1, -0.05) is 107 Å². The average Bonchev–Trinajstić information content (AvgIpc) is 3.17. The van der Waals surface area contributed by atoms with Crippen molar-refractivity contribution in [3.63, 3.8) is 0 Å². The summed E-state index contributed by atoms with van der Waals surface area (Å²) in [5.41, 5.74) is 1.53. The van der Waals surface area contributed by atoms with Crippen LogP contribution in [0.1, 0.15) is 6.92 Å². The van der Waals surface area contributed by atoms with Crippen molar-refractivity contribution >= 4 is 61.3 Å². The largest absolute Gasteiger partial charge is 0.281 e. The van der Waals surface area contributed by atoms with Gasteiger partial charge in [0.2, 0.25) is 0 Å². The van der Waals surface area contributed by atoms with E-state index >= 15 is 0 Å². The summed E-state index contributed by atoms with van der Waals surface area (Å²) in [6.07, 6.45) is 0. The highest BCUT2D eigenvalue weighted by molar-refractivity contribution is 9.10. The summed E-state index contributed by atoms with van der Waals surface area (Å²) < 4.78 is 1.00. The van der Waals surface area contributed by atoms with Crippen LogP contribution in [0.15, 0.2) is 125 Å². The van der Waals surface area contributed by atoms with E-state index in [-0.39, 0.29) is 5.91 Å². The van der Waals surface area contributed by atoms with Crippen LogP contribution in [0.25, 0.3) is 0 Å². The fraction of sp³-hybridized carbons (Fsp3) is 0.0357. The molecular formula is C28H22BrN2OP. The van der Waals surface area contributed by atoms with E-state index in [9.17, 15) is 4.79 Å². The van der Waals surface area contributed by atoms with E-state index in [1.165, 1.54) is 0 Å². The zero-order valence-corrected chi connectivity index (χ0v) is 20.6. The Balaban J connectivity index is 1.92. The molecule has 5 heteroatoms. The van der Waals surface area contributed by atoms with Crippen molar-refractivity contribution in [2.75, 3.05) is 5.01 Å². The zero-order valence-electron chi connectivity index (χ0n) is 18.1. The predicted molar refractivity (Wildman–Crippen MR) is 145 cm³/mol. The quantitative estimate of drug-likeness (QED) is 0.340. The summed E-state index contributed by atoms with van der Waals surface area (Å²) >= 11 is 3.58. The molecule has 4 aromatic rings. The molecule has 0 aliphatic carbocycles. The van der Waals surface area contributed by atoms with Crippen molar-refractivity contribution in [2.24, 2.45) is 5.10 Å². The molecule has 1 amide bonds. The molecule has 0 saturated carbocycles. The number of halogens is 1. The summed E-state index contributed by atoms with van der Waals surface area (Å²) in [4.78, 5) is 14.1. The third-order valence-corrected chi connectivity index (χ3v) is 10.8. The summed E-state index contributed by atoms with van der Waals surface area (Å²) in [5.74, 6) is -0.0670. The number of hydrogen-bond acceptors (Lipinski definition) is 2. The maximum Gasteiger partial charge on any atom is 0.281 e. The van der Waals surface area contributed by atoms with Crippen LogP contribution in [-0.2, 0) is 4.79 Å². The SMILES string of the molecule is CC1=NN(c2ccccc2)C(=O)C1=P(c1ccccc1)(c1ccccc1)c1ccc(Br)cc1. The minimum absolute atomic E-state index is 0.0670. The molecular weight excluding hydrogens is 491 g/mol. The van der Waals surface area contributed by atoms with Crippen LogP contribution >= 0.6 is 22.8 Å². The van der Waals surface area contributed by atoms with Gasteiger partial charge in [0.1, 0.15) is 0 Å². The van der Waals surface area contributed by atoms with Gasteiger partial charge in [-0.15, -0.1) is 0 Å². The molecule has 33 heavy (non-hydrogen) atoms. The van der Waals surface area contributed by atoms with Crippen LogP contribution in [0, 0.1) is 0 Å². The number of para-hydroxylation sites is 1. The molecule has 0 aromatic heterocycles. The van der Waals surface area contributed by atoms with Crippen LogP contribution in [-0.4, -0.2) is 16.9 Å². The number of amides is 1. The first-order chi connectivity index (χ1) is 16.1. The van der Waals surface area contributed by atoms with Gasteiger partial charge in [0, 0.05) is 4.47 Å². The number of hydrogen-bond donors (Lipinski definition) is 0. The number of benzene rings is 4. The summed E-state index contributed by atoms with van der Waals surface area (Å²) in [6, 6.07) is 38.8. The van der Waals surface area contributed by atoms with Crippen molar-refractivity contribution in [3.05, 3.63) is 120 Å². The molecule has 1 aliphatic rings. The molecule has 0 saturated heterocycles. The molecule has 4 aromatic carbocycles. The lowest BCUT2D eigenvalue weighted by atomic mass is 10.3. The summed E-state index contributed by atoms with van der Waals surface area (Å²) in [7, 11) is 0. The van der Waals surface area contributed by atoms with Crippen LogP contribution in [0.3, 0.4) is 0 Å².